The molecule has 0 N–H and O–H groups in total. The minimum absolute atomic E-state index is 0.0507. The van der Waals surface area contributed by atoms with E-state index in [-0.39, 0.29) is 19.7 Å². The third-order valence-corrected chi connectivity index (χ3v) is 4.08. The number of carbonyl (C=O) groups is 1. The first-order chi connectivity index (χ1) is 12.4. The number of benzene rings is 2. The number of nitrogens with zero attached hydrogens (tertiary/aromatic N) is 2. The number of hydrogen-bond donors (Lipinski definition) is 0. The Morgan fingerprint density at radius 1 is 1.15 bits per heavy atom. The number of hydrogen-bond acceptors (Lipinski definition) is 4. The van der Waals surface area contributed by atoms with Gasteiger partial charge in [-0.3, -0.25) is 14.9 Å². The molecular weight excluding hydrogens is 353 g/mol. The summed E-state index contributed by atoms with van der Waals surface area (Å²) in [5.41, 5.74) is -1.38. The van der Waals surface area contributed by atoms with E-state index in [1.807, 2.05) is 6.07 Å². The number of nitro benzene ring substituents is 1. The summed E-state index contributed by atoms with van der Waals surface area (Å²) in [5.74, 6) is -6.70. The molecule has 26 heavy (non-hydrogen) atoms. The number of halogens is 3. The lowest BCUT2D eigenvalue weighted by atomic mass is 10.1. The van der Waals surface area contributed by atoms with Gasteiger partial charge >= 0.3 is 5.69 Å². The molecule has 1 heterocycles. The highest BCUT2D eigenvalue weighted by molar-refractivity contribution is 5.95. The second-order valence-electron chi connectivity index (χ2n) is 5.66. The van der Waals surface area contributed by atoms with Gasteiger partial charge in [0.25, 0.3) is 5.91 Å². The lowest BCUT2D eigenvalue weighted by molar-refractivity contribution is -0.387. The molecule has 1 aliphatic rings. The van der Waals surface area contributed by atoms with E-state index < -0.39 is 45.6 Å². The summed E-state index contributed by atoms with van der Waals surface area (Å²) in [7, 11) is 0. The van der Waals surface area contributed by atoms with E-state index in [2.05, 4.69) is 0 Å². The van der Waals surface area contributed by atoms with Gasteiger partial charge in [-0.25, -0.2) is 8.78 Å². The first-order valence-electron chi connectivity index (χ1n) is 7.68. The normalized spacial score (nSPS) is 17.2. The molecule has 0 bridgehead atoms. The van der Waals surface area contributed by atoms with Crippen LogP contribution in [-0.4, -0.2) is 35.4 Å². The molecule has 1 saturated heterocycles. The second-order valence-corrected chi connectivity index (χ2v) is 5.66. The van der Waals surface area contributed by atoms with E-state index in [1.54, 1.807) is 24.3 Å². The zero-order valence-corrected chi connectivity index (χ0v) is 13.3. The van der Waals surface area contributed by atoms with Gasteiger partial charge in [-0.2, -0.15) is 4.39 Å². The monoisotopic (exact) mass is 366 g/mol. The van der Waals surface area contributed by atoms with Crippen molar-refractivity contribution in [2.75, 3.05) is 19.7 Å². The summed E-state index contributed by atoms with van der Waals surface area (Å²) in [6.45, 7) is 0.294. The fourth-order valence-electron chi connectivity index (χ4n) is 2.75. The minimum atomic E-state index is -2.05. The third kappa shape index (κ3) is 3.25. The Kier molecular flexibility index (Phi) is 4.90. The van der Waals surface area contributed by atoms with Crippen LogP contribution in [0.2, 0.25) is 0 Å². The van der Waals surface area contributed by atoms with Crippen molar-refractivity contribution in [3.63, 3.8) is 0 Å². The maximum atomic E-state index is 14.0. The average molecular weight is 366 g/mol. The molecular formula is C17H13F3N2O4. The van der Waals surface area contributed by atoms with Crippen LogP contribution in [0.4, 0.5) is 18.9 Å². The van der Waals surface area contributed by atoms with E-state index in [0.29, 0.717) is 6.07 Å². The minimum Gasteiger partial charge on any atom is -0.370 e. The highest BCUT2D eigenvalue weighted by Crippen LogP contribution is 2.28. The van der Waals surface area contributed by atoms with Crippen LogP contribution in [0.25, 0.3) is 0 Å². The third-order valence-electron chi connectivity index (χ3n) is 4.08. The molecule has 0 spiro atoms. The van der Waals surface area contributed by atoms with E-state index in [4.69, 9.17) is 4.74 Å². The van der Waals surface area contributed by atoms with Crippen molar-refractivity contribution < 1.29 is 27.6 Å². The Bertz CT molecular complexity index is 861. The van der Waals surface area contributed by atoms with Crippen molar-refractivity contribution in [3.8, 4) is 0 Å². The molecule has 1 fully saturated rings. The Labute approximate surface area is 145 Å². The maximum absolute atomic E-state index is 14.0. The molecule has 1 unspecified atom stereocenters. The standard InChI is InChI=1S/C17H13F3N2O4/c18-14-11(8-12(22(24)25)15(19)16(14)20)17(23)21-6-7-26-13(9-21)10-4-2-1-3-5-10/h1-5,8,13H,6-7,9H2. The Balaban J connectivity index is 1.90. The van der Waals surface area contributed by atoms with Gasteiger partial charge in [-0.1, -0.05) is 30.3 Å². The van der Waals surface area contributed by atoms with Crippen LogP contribution in [0.1, 0.15) is 22.0 Å². The molecule has 3 rings (SSSR count). The quantitative estimate of drug-likeness (QED) is 0.475. The fourth-order valence-corrected chi connectivity index (χ4v) is 2.75. The molecule has 0 aliphatic carbocycles. The van der Waals surface area contributed by atoms with E-state index in [1.165, 1.54) is 4.90 Å². The van der Waals surface area contributed by atoms with Gasteiger partial charge in [0.05, 0.1) is 23.6 Å². The number of ether oxygens (including phenoxy) is 1. The largest absolute Gasteiger partial charge is 0.370 e. The van der Waals surface area contributed by atoms with Crippen LogP contribution in [0.15, 0.2) is 36.4 Å². The Morgan fingerprint density at radius 2 is 1.85 bits per heavy atom. The van der Waals surface area contributed by atoms with Gasteiger partial charge in [0.15, 0.2) is 5.82 Å². The van der Waals surface area contributed by atoms with E-state index in [0.717, 1.165) is 5.56 Å². The topological polar surface area (TPSA) is 72.7 Å². The predicted octanol–water partition coefficient (Wildman–Crippen LogP) is 3.23. The van der Waals surface area contributed by atoms with Crippen LogP contribution in [0, 0.1) is 27.6 Å². The molecule has 1 aliphatic heterocycles. The second kappa shape index (κ2) is 7.12. The number of amides is 1. The van der Waals surface area contributed by atoms with Crippen molar-refractivity contribution in [3.05, 3.63) is 75.1 Å². The molecule has 136 valence electrons. The van der Waals surface area contributed by atoms with E-state index in [9.17, 15) is 28.1 Å². The fraction of sp³-hybridized carbons (Fsp3) is 0.235. The van der Waals surface area contributed by atoms with Gasteiger partial charge in [-0.05, 0) is 5.56 Å². The maximum Gasteiger partial charge on any atom is 0.308 e. The van der Waals surface area contributed by atoms with Crippen molar-refractivity contribution in [1.29, 1.82) is 0 Å². The SMILES string of the molecule is O=C(c1cc([N+](=O)[O-])c(F)c(F)c1F)N1CCOC(c2ccccc2)C1. The smallest absolute Gasteiger partial charge is 0.308 e. The Morgan fingerprint density at radius 3 is 2.50 bits per heavy atom. The molecule has 0 saturated carbocycles. The summed E-state index contributed by atoms with van der Waals surface area (Å²) in [6, 6.07) is 9.40. The molecule has 1 atom stereocenters. The molecule has 9 heteroatoms. The Hall–Kier alpha value is -2.94. The van der Waals surface area contributed by atoms with Crippen LogP contribution in [-0.2, 0) is 4.74 Å². The van der Waals surface area contributed by atoms with Crippen molar-refractivity contribution in [2.24, 2.45) is 0 Å². The van der Waals surface area contributed by atoms with Gasteiger partial charge in [0, 0.05) is 12.6 Å². The van der Waals surface area contributed by atoms with Crippen molar-refractivity contribution in [1.82, 2.24) is 4.90 Å². The van der Waals surface area contributed by atoms with Crippen LogP contribution < -0.4 is 0 Å². The zero-order valence-electron chi connectivity index (χ0n) is 13.3. The van der Waals surface area contributed by atoms with Gasteiger partial charge in [0.2, 0.25) is 11.6 Å². The van der Waals surface area contributed by atoms with Crippen LogP contribution in [0.5, 0.6) is 0 Å². The molecule has 1 amide bonds. The van der Waals surface area contributed by atoms with Gasteiger partial charge < -0.3 is 9.64 Å². The number of nitro groups is 1. The average Bonchev–Trinajstić information content (AvgIpc) is 2.66. The molecule has 2 aromatic carbocycles. The van der Waals surface area contributed by atoms with E-state index >= 15 is 0 Å². The predicted molar refractivity (Wildman–Crippen MR) is 84.0 cm³/mol. The zero-order chi connectivity index (χ0) is 18.8. The number of carbonyl (C=O) groups excluding carboxylic acids is 1. The molecule has 0 aromatic heterocycles. The number of rotatable bonds is 3. The van der Waals surface area contributed by atoms with Gasteiger partial charge in [-0.15, -0.1) is 0 Å². The van der Waals surface area contributed by atoms with Gasteiger partial charge in [0.1, 0.15) is 6.10 Å². The summed E-state index contributed by atoms with van der Waals surface area (Å²) in [5, 5.41) is 10.8. The first-order valence-corrected chi connectivity index (χ1v) is 7.68. The first kappa shape index (κ1) is 17.9. The summed E-state index contributed by atoms with van der Waals surface area (Å²) < 4.78 is 46.7. The highest BCUT2D eigenvalue weighted by Gasteiger charge is 2.32. The highest BCUT2D eigenvalue weighted by atomic mass is 19.2. The van der Waals surface area contributed by atoms with Crippen LogP contribution in [0.3, 0.4) is 0 Å². The number of morpholine rings is 1. The lowest BCUT2D eigenvalue weighted by Crippen LogP contribution is -2.42. The molecule has 0 radical (unpaired) electrons. The van der Waals surface area contributed by atoms with Crippen LogP contribution >= 0.6 is 0 Å². The molecule has 6 nitrogen and oxygen atoms in total. The lowest BCUT2D eigenvalue weighted by Gasteiger charge is -2.33. The summed E-state index contributed by atoms with van der Waals surface area (Å²) in [6.07, 6.45) is -0.475. The molecule has 2 aromatic rings. The van der Waals surface area contributed by atoms with Crippen molar-refractivity contribution >= 4 is 11.6 Å². The summed E-state index contributed by atoms with van der Waals surface area (Å²) in [4.78, 5) is 23.3. The summed E-state index contributed by atoms with van der Waals surface area (Å²) >= 11 is 0. The van der Waals surface area contributed by atoms with Crippen molar-refractivity contribution in [2.45, 2.75) is 6.10 Å².